The standard InChI is InChI=1S/C8H9ClF2N2O/c1-2-13-5-6(4-12-13)3-7(14)8(9,10)11/h4-5H,2-3H2,1H3. The van der Waals surface area contributed by atoms with Crippen LogP contribution in [0, 0.1) is 0 Å². The fourth-order valence-corrected chi connectivity index (χ4v) is 1.02. The lowest BCUT2D eigenvalue weighted by atomic mass is 10.2. The van der Waals surface area contributed by atoms with Crippen LogP contribution >= 0.6 is 11.6 Å². The zero-order chi connectivity index (χ0) is 10.8. The number of halogens is 3. The number of hydrogen-bond donors (Lipinski definition) is 0. The van der Waals surface area contributed by atoms with Gasteiger partial charge in [-0.05, 0) is 24.1 Å². The first kappa shape index (κ1) is 11.1. The molecule has 0 bridgehead atoms. The average Bonchev–Trinajstić information content (AvgIpc) is 2.50. The van der Waals surface area contributed by atoms with Gasteiger partial charge in [-0.25, -0.2) is 0 Å². The monoisotopic (exact) mass is 222 g/mol. The molecule has 3 nitrogen and oxygen atoms in total. The van der Waals surface area contributed by atoms with Crippen LogP contribution in [0.15, 0.2) is 12.4 Å². The Morgan fingerprint density at radius 2 is 2.36 bits per heavy atom. The highest BCUT2D eigenvalue weighted by Crippen LogP contribution is 2.21. The topological polar surface area (TPSA) is 34.9 Å². The lowest BCUT2D eigenvalue weighted by Crippen LogP contribution is -2.23. The molecule has 0 amide bonds. The summed E-state index contributed by atoms with van der Waals surface area (Å²) >= 11 is 4.56. The van der Waals surface area contributed by atoms with Crippen LogP contribution < -0.4 is 0 Å². The Balaban J connectivity index is 2.65. The molecule has 0 saturated heterocycles. The molecule has 0 unspecified atom stereocenters. The molecule has 0 atom stereocenters. The van der Waals surface area contributed by atoms with Crippen LogP contribution in [0.3, 0.4) is 0 Å². The van der Waals surface area contributed by atoms with Gasteiger partial charge in [0, 0.05) is 19.2 Å². The molecule has 1 rings (SSSR count). The van der Waals surface area contributed by atoms with Gasteiger partial charge in [-0.3, -0.25) is 9.48 Å². The first-order valence-electron chi connectivity index (χ1n) is 4.05. The number of ketones is 1. The van der Waals surface area contributed by atoms with E-state index in [1.165, 1.54) is 6.20 Å². The van der Waals surface area contributed by atoms with Gasteiger partial charge in [0.1, 0.15) is 0 Å². The summed E-state index contributed by atoms with van der Waals surface area (Å²) < 4.78 is 26.1. The predicted molar refractivity (Wildman–Crippen MR) is 47.4 cm³/mol. The van der Waals surface area contributed by atoms with E-state index in [-0.39, 0.29) is 0 Å². The minimum absolute atomic E-state index is 0.392. The van der Waals surface area contributed by atoms with E-state index in [1.807, 2.05) is 6.92 Å². The van der Waals surface area contributed by atoms with E-state index in [0.717, 1.165) is 0 Å². The first-order chi connectivity index (χ1) is 6.43. The summed E-state index contributed by atoms with van der Waals surface area (Å²) in [5.41, 5.74) is 0.442. The summed E-state index contributed by atoms with van der Waals surface area (Å²) in [6.07, 6.45) is 2.53. The molecule has 0 aromatic carbocycles. The Labute approximate surface area is 84.7 Å². The van der Waals surface area contributed by atoms with Crippen LogP contribution in [-0.4, -0.2) is 20.9 Å². The van der Waals surface area contributed by atoms with Crippen molar-refractivity contribution in [3.8, 4) is 0 Å². The van der Waals surface area contributed by atoms with Crippen LogP contribution in [0.4, 0.5) is 8.78 Å². The maximum absolute atomic E-state index is 12.3. The zero-order valence-corrected chi connectivity index (χ0v) is 8.26. The number of Topliss-reactive ketones (excluding diaryl/α,β-unsaturated/α-hetero) is 1. The molecule has 0 N–H and O–H groups in total. The third-order valence-electron chi connectivity index (χ3n) is 1.69. The largest absolute Gasteiger partial charge is 0.380 e. The SMILES string of the molecule is CCn1cc(CC(=O)C(F)(F)Cl)cn1. The third kappa shape index (κ3) is 2.77. The van der Waals surface area contributed by atoms with E-state index < -0.39 is 17.6 Å². The van der Waals surface area contributed by atoms with Gasteiger partial charge in [0.05, 0.1) is 6.20 Å². The Bertz CT molecular complexity index is 332. The van der Waals surface area contributed by atoms with Gasteiger partial charge in [0.15, 0.2) is 0 Å². The smallest absolute Gasteiger partial charge is 0.291 e. The van der Waals surface area contributed by atoms with E-state index in [2.05, 4.69) is 16.7 Å². The van der Waals surface area contributed by atoms with E-state index >= 15 is 0 Å². The number of hydrogen-bond acceptors (Lipinski definition) is 2. The molecule has 1 aromatic heterocycles. The molecule has 1 aromatic rings. The van der Waals surface area contributed by atoms with Crippen molar-refractivity contribution < 1.29 is 13.6 Å². The molecule has 0 saturated carbocycles. The molecule has 0 aliphatic heterocycles. The number of carbonyl (C=O) groups is 1. The van der Waals surface area contributed by atoms with Gasteiger partial charge in [0.2, 0.25) is 5.78 Å². The lowest BCUT2D eigenvalue weighted by Gasteiger charge is -2.03. The molecular formula is C8H9ClF2N2O. The third-order valence-corrected chi connectivity index (χ3v) is 1.90. The quantitative estimate of drug-likeness (QED) is 0.729. The molecule has 0 aliphatic rings. The van der Waals surface area contributed by atoms with Crippen molar-refractivity contribution in [2.75, 3.05) is 0 Å². The van der Waals surface area contributed by atoms with Gasteiger partial charge < -0.3 is 0 Å². The minimum Gasteiger partial charge on any atom is -0.291 e. The fourth-order valence-electron chi connectivity index (χ4n) is 0.956. The van der Waals surface area contributed by atoms with Crippen molar-refractivity contribution in [3.63, 3.8) is 0 Å². The predicted octanol–water partition coefficient (Wildman–Crippen LogP) is 1.85. The molecule has 78 valence electrons. The Kier molecular flexibility index (Phi) is 3.21. The van der Waals surface area contributed by atoms with Gasteiger partial charge in [-0.1, -0.05) is 0 Å². The van der Waals surface area contributed by atoms with Gasteiger partial charge >= 0.3 is 5.38 Å². The van der Waals surface area contributed by atoms with Gasteiger partial charge in [-0.2, -0.15) is 13.9 Å². The fraction of sp³-hybridized carbons (Fsp3) is 0.500. The Hall–Kier alpha value is -0.970. The van der Waals surface area contributed by atoms with E-state index in [4.69, 9.17) is 0 Å². The van der Waals surface area contributed by atoms with Crippen molar-refractivity contribution in [2.24, 2.45) is 0 Å². The second-order valence-electron chi connectivity index (χ2n) is 2.80. The highest BCUT2D eigenvalue weighted by atomic mass is 35.5. The summed E-state index contributed by atoms with van der Waals surface area (Å²) in [4.78, 5) is 10.8. The minimum atomic E-state index is -3.78. The van der Waals surface area contributed by atoms with Gasteiger partial charge in [-0.15, -0.1) is 0 Å². The van der Waals surface area contributed by atoms with Crippen LogP contribution in [0.2, 0.25) is 0 Å². The van der Waals surface area contributed by atoms with Crippen LogP contribution in [-0.2, 0) is 17.8 Å². The Morgan fingerprint density at radius 1 is 1.71 bits per heavy atom. The van der Waals surface area contributed by atoms with E-state index in [9.17, 15) is 13.6 Å². The summed E-state index contributed by atoms with van der Waals surface area (Å²) in [6.45, 7) is 2.49. The molecule has 0 aliphatic carbocycles. The summed E-state index contributed by atoms with van der Waals surface area (Å²) in [6, 6.07) is 0. The number of rotatable bonds is 4. The molecule has 0 fully saturated rings. The number of aryl methyl sites for hydroxylation is 1. The lowest BCUT2D eigenvalue weighted by molar-refractivity contribution is -0.132. The van der Waals surface area contributed by atoms with Crippen molar-refractivity contribution in [1.29, 1.82) is 0 Å². The van der Waals surface area contributed by atoms with Crippen molar-refractivity contribution in [3.05, 3.63) is 18.0 Å². The van der Waals surface area contributed by atoms with Crippen LogP contribution in [0.5, 0.6) is 0 Å². The Morgan fingerprint density at radius 3 is 2.79 bits per heavy atom. The van der Waals surface area contributed by atoms with E-state index in [0.29, 0.717) is 12.1 Å². The maximum Gasteiger partial charge on any atom is 0.380 e. The molecule has 0 radical (unpaired) electrons. The zero-order valence-electron chi connectivity index (χ0n) is 7.51. The van der Waals surface area contributed by atoms with Gasteiger partial charge in [0.25, 0.3) is 0 Å². The molecule has 14 heavy (non-hydrogen) atoms. The number of carbonyl (C=O) groups excluding carboxylic acids is 1. The molecule has 0 spiro atoms. The van der Waals surface area contributed by atoms with Crippen molar-refractivity contribution >= 4 is 17.4 Å². The number of nitrogens with zero attached hydrogens (tertiary/aromatic N) is 2. The number of aromatic nitrogens is 2. The van der Waals surface area contributed by atoms with E-state index in [1.54, 1.807) is 10.9 Å². The normalized spacial score (nSPS) is 11.7. The van der Waals surface area contributed by atoms with Crippen molar-refractivity contribution in [2.45, 2.75) is 25.3 Å². The van der Waals surface area contributed by atoms with Crippen molar-refractivity contribution in [1.82, 2.24) is 9.78 Å². The highest BCUT2D eigenvalue weighted by molar-refractivity contribution is 6.32. The maximum atomic E-state index is 12.3. The first-order valence-corrected chi connectivity index (χ1v) is 4.42. The van der Waals surface area contributed by atoms with Crippen LogP contribution in [0.1, 0.15) is 12.5 Å². The summed E-state index contributed by atoms with van der Waals surface area (Å²) in [5, 5.41) is 0.0628. The molecule has 6 heteroatoms. The second-order valence-corrected chi connectivity index (χ2v) is 3.28. The summed E-state index contributed by atoms with van der Waals surface area (Å²) in [5.74, 6) is -1.31. The number of alkyl halides is 3. The molecular weight excluding hydrogens is 214 g/mol. The van der Waals surface area contributed by atoms with Crippen LogP contribution in [0.25, 0.3) is 0 Å². The highest BCUT2D eigenvalue weighted by Gasteiger charge is 2.35. The summed E-state index contributed by atoms with van der Waals surface area (Å²) in [7, 11) is 0. The second kappa shape index (κ2) is 4.04. The average molecular weight is 223 g/mol. The molecule has 1 heterocycles.